The molecule has 1 amide bonds. The summed E-state index contributed by atoms with van der Waals surface area (Å²) in [7, 11) is 0. The zero-order chi connectivity index (χ0) is 17.9. The van der Waals surface area contributed by atoms with Gasteiger partial charge in [-0.05, 0) is 12.0 Å². The number of benzene rings is 1. The van der Waals surface area contributed by atoms with Crippen LogP contribution in [0.4, 0.5) is 8.78 Å². The van der Waals surface area contributed by atoms with E-state index in [-0.39, 0.29) is 22.9 Å². The molecule has 0 saturated heterocycles. The molecule has 24 heavy (non-hydrogen) atoms. The smallest absolute Gasteiger partial charge is 0.356 e. The van der Waals surface area contributed by atoms with E-state index in [9.17, 15) is 18.4 Å². The van der Waals surface area contributed by atoms with Crippen LogP contribution >= 0.6 is 0 Å². The number of aromatic nitrogens is 2. The third-order valence-electron chi connectivity index (χ3n) is 3.35. The van der Waals surface area contributed by atoms with Crippen LogP contribution in [0.1, 0.15) is 46.4 Å². The predicted octanol–water partition coefficient (Wildman–Crippen LogP) is 2.58. The number of nitrogens with zero attached hydrogens (tertiary/aromatic N) is 2. The van der Waals surface area contributed by atoms with Gasteiger partial charge in [-0.2, -0.15) is 0 Å². The van der Waals surface area contributed by atoms with E-state index in [1.807, 2.05) is 0 Å². The molecule has 1 aromatic heterocycles. The van der Waals surface area contributed by atoms with Crippen LogP contribution in [0.15, 0.2) is 30.6 Å². The number of aromatic carboxylic acids is 1. The fourth-order valence-corrected chi connectivity index (χ4v) is 2.13. The molecular weight excluding hydrogens is 320 g/mol. The van der Waals surface area contributed by atoms with Crippen molar-refractivity contribution in [3.05, 3.63) is 59.2 Å². The van der Waals surface area contributed by atoms with Crippen molar-refractivity contribution >= 4 is 11.9 Å². The molecule has 8 heteroatoms. The molecule has 1 aromatic carbocycles. The fraction of sp³-hybridized carbons (Fsp3) is 0.250. The Bertz CT molecular complexity index is 764. The van der Waals surface area contributed by atoms with Gasteiger partial charge in [-0.3, -0.25) is 4.79 Å². The third-order valence-corrected chi connectivity index (χ3v) is 3.35. The maximum atomic E-state index is 14.0. The summed E-state index contributed by atoms with van der Waals surface area (Å²) < 4.78 is 27.0. The highest BCUT2D eigenvalue weighted by atomic mass is 19.1. The molecular formula is C16H15F2N3O3. The van der Waals surface area contributed by atoms with Crippen LogP contribution in [0.2, 0.25) is 0 Å². The molecule has 2 rings (SSSR count). The lowest BCUT2D eigenvalue weighted by atomic mass is 9.95. The Morgan fingerprint density at radius 2 is 1.75 bits per heavy atom. The zero-order valence-electron chi connectivity index (χ0n) is 13.0. The van der Waals surface area contributed by atoms with Gasteiger partial charge in [-0.1, -0.05) is 19.9 Å². The first-order valence-electron chi connectivity index (χ1n) is 7.10. The van der Waals surface area contributed by atoms with E-state index < -0.39 is 29.6 Å². The van der Waals surface area contributed by atoms with Crippen molar-refractivity contribution in [3.8, 4) is 0 Å². The van der Waals surface area contributed by atoms with Crippen LogP contribution in [-0.4, -0.2) is 27.0 Å². The van der Waals surface area contributed by atoms with Gasteiger partial charge in [0.2, 0.25) is 0 Å². The van der Waals surface area contributed by atoms with Gasteiger partial charge in [0.25, 0.3) is 5.91 Å². The Balaban J connectivity index is 2.24. The Kier molecular flexibility index (Phi) is 5.18. The van der Waals surface area contributed by atoms with Gasteiger partial charge >= 0.3 is 5.97 Å². The third kappa shape index (κ3) is 3.89. The summed E-state index contributed by atoms with van der Waals surface area (Å²) in [6, 6.07) is 2.42. The molecule has 0 aliphatic rings. The number of rotatable bonds is 5. The van der Waals surface area contributed by atoms with Crippen molar-refractivity contribution in [2.24, 2.45) is 5.92 Å². The van der Waals surface area contributed by atoms with Crippen molar-refractivity contribution in [1.29, 1.82) is 0 Å². The SMILES string of the molecule is CC(C)C(NC(=O)c1cnc(C(=O)O)cn1)c1ccc(F)cc1F. The molecule has 1 atom stereocenters. The summed E-state index contributed by atoms with van der Waals surface area (Å²) >= 11 is 0. The van der Waals surface area contributed by atoms with Crippen molar-refractivity contribution in [1.82, 2.24) is 15.3 Å². The monoisotopic (exact) mass is 335 g/mol. The number of carbonyl (C=O) groups is 2. The highest BCUT2D eigenvalue weighted by molar-refractivity contribution is 5.93. The Morgan fingerprint density at radius 1 is 1.12 bits per heavy atom. The van der Waals surface area contributed by atoms with E-state index in [0.29, 0.717) is 0 Å². The van der Waals surface area contributed by atoms with Crippen LogP contribution in [0.5, 0.6) is 0 Å². The van der Waals surface area contributed by atoms with E-state index in [1.54, 1.807) is 13.8 Å². The van der Waals surface area contributed by atoms with E-state index in [2.05, 4.69) is 15.3 Å². The highest BCUT2D eigenvalue weighted by Crippen LogP contribution is 2.25. The average Bonchev–Trinajstić information content (AvgIpc) is 2.53. The quantitative estimate of drug-likeness (QED) is 0.876. The van der Waals surface area contributed by atoms with Gasteiger partial charge in [-0.15, -0.1) is 0 Å². The minimum absolute atomic E-state index is 0.104. The lowest BCUT2D eigenvalue weighted by Gasteiger charge is -2.23. The number of halogens is 2. The Hall–Kier alpha value is -2.90. The fourth-order valence-electron chi connectivity index (χ4n) is 2.13. The van der Waals surface area contributed by atoms with E-state index >= 15 is 0 Å². The standard InChI is InChI=1S/C16H15F2N3O3/c1-8(2)14(10-4-3-9(17)5-11(10)18)21-15(22)12-6-20-13(7-19-12)16(23)24/h3-8,14H,1-2H3,(H,21,22)(H,23,24). The summed E-state index contributed by atoms with van der Waals surface area (Å²) in [5, 5.41) is 11.4. The molecule has 0 radical (unpaired) electrons. The zero-order valence-corrected chi connectivity index (χ0v) is 13.0. The summed E-state index contributed by atoms with van der Waals surface area (Å²) in [5.41, 5.74) is -0.250. The lowest BCUT2D eigenvalue weighted by Crippen LogP contribution is -2.33. The normalized spacial score (nSPS) is 12.0. The molecule has 0 aliphatic carbocycles. The number of nitrogens with one attached hydrogen (secondary N) is 1. The first-order chi connectivity index (χ1) is 11.3. The largest absolute Gasteiger partial charge is 0.476 e. The van der Waals surface area contributed by atoms with Crippen LogP contribution in [0, 0.1) is 17.6 Å². The van der Waals surface area contributed by atoms with Crippen molar-refractivity contribution in [3.63, 3.8) is 0 Å². The predicted molar refractivity (Wildman–Crippen MR) is 80.4 cm³/mol. The molecule has 1 heterocycles. The molecule has 6 nitrogen and oxygen atoms in total. The van der Waals surface area contributed by atoms with Crippen molar-refractivity contribution in [2.75, 3.05) is 0 Å². The van der Waals surface area contributed by atoms with Crippen LogP contribution in [0.3, 0.4) is 0 Å². The Morgan fingerprint density at radius 3 is 2.25 bits per heavy atom. The minimum atomic E-state index is -1.26. The first kappa shape index (κ1) is 17.5. The number of hydrogen-bond acceptors (Lipinski definition) is 4. The molecule has 0 aliphatic heterocycles. The van der Waals surface area contributed by atoms with Crippen LogP contribution < -0.4 is 5.32 Å². The molecule has 2 N–H and O–H groups in total. The van der Waals surface area contributed by atoms with Gasteiger partial charge in [0, 0.05) is 11.6 Å². The van der Waals surface area contributed by atoms with Crippen molar-refractivity contribution in [2.45, 2.75) is 19.9 Å². The summed E-state index contributed by atoms with van der Waals surface area (Å²) in [5.74, 6) is -3.55. The maximum absolute atomic E-state index is 14.0. The van der Waals surface area contributed by atoms with Gasteiger partial charge in [0.05, 0.1) is 18.4 Å². The molecule has 126 valence electrons. The number of amides is 1. The van der Waals surface area contributed by atoms with E-state index in [0.717, 1.165) is 24.5 Å². The van der Waals surface area contributed by atoms with Gasteiger partial charge in [0.1, 0.15) is 17.3 Å². The summed E-state index contributed by atoms with van der Waals surface area (Å²) in [6.45, 7) is 3.54. The number of hydrogen-bond donors (Lipinski definition) is 2. The topological polar surface area (TPSA) is 92.2 Å². The second kappa shape index (κ2) is 7.12. The molecule has 0 saturated carbocycles. The maximum Gasteiger partial charge on any atom is 0.356 e. The number of carboxylic acid groups (broad SMARTS) is 1. The Labute approximate surface area is 136 Å². The second-order valence-corrected chi connectivity index (χ2v) is 5.45. The van der Waals surface area contributed by atoms with Crippen LogP contribution in [-0.2, 0) is 0 Å². The lowest BCUT2D eigenvalue weighted by molar-refractivity contribution is 0.0688. The minimum Gasteiger partial charge on any atom is -0.476 e. The van der Waals surface area contributed by atoms with E-state index in [4.69, 9.17) is 5.11 Å². The molecule has 2 aromatic rings. The van der Waals surface area contributed by atoms with E-state index in [1.165, 1.54) is 6.07 Å². The van der Waals surface area contributed by atoms with Gasteiger partial charge in [-0.25, -0.2) is 23.5 Å². The molecule has 0 fully saturated rings. The number of carbonyl (C=O) groups excluding carboxylic acids is 1. The van der Waals surface area contributed by atoms with Crippen LogP contribution in [0.25, 0.3) is 0 Å². The average molecular weight is 335 g/mol. The molecule has 1 unspecified atom stereocenters. The highest BCUT2D eigenvalue weighted by Gasteiger charge is 2.23. The first-order valence-corrected chi connectivity index (χ1v) is 7.10. The van der Waals surface area contributed by atoms with Gasteiger partial charge < -0.3 is 10.4 Å². The molecule has 0 bridgehead atoms. The van der Waals surface area contributed by atoms with Gasteiger partial charge in [0.15, 0.2) is 5.69 Å². The number of carboxylic acids is 1. The summed E-state index contributed by atoms with van der Waals surface area (Å²) in [4.78, 5) is 30.3. The summed E-state index contributed by atoms with van der Waals surface area (Å²) in [6.07, 6.45) is 1.98. The van der Waals surface area contributed by atoms with Crippen molar-refractivity contribution < 1.29 is 23.5 Å². The molecule has 0 spiro atoms. The second-order valence-electron chi connectivity index (χ2n) is 5.45.